The molecule has 0 aromatic heterocycles. The van der Waals surface area contributed by atoms with Crippen LogP contribution >= 0.6 is 0 Å². The summed E-state index contributed by atoms with van der Waals surface area (Å²) in [6.45, 7) is 0. The molecule has 0 aromatic carbocycles. The van der Waals surface area contributed by atoms with Gasteiger partial charge in [0.05, 0.1) is 0 Å². The Morgan fingerprint density at radius 2 is 1.33 bits per heavy atom. The first-order chi connectivity index (χ1) is 5.88. The van der Waals surface area contributed by atoms with Gasteiger partial charge in [-0.05, 0) is 0 Å². The fourth-order valence-electron chi connectivity index (χ4n) is 1.22. The number of allylic oxidation sites excluding steroid dienone is 8. The van der Waals surface area contributed by atoms with Crippen molar-refractivity contribution in [1.82, 2.24) is 0 Å². The maximum absolute atomic E-state index is 11.6. The van der Waals surface area contributed by atoms with Gasteiger partial charge in [-0.3, -0.25) is 4.79 Å². The molecule has 0 saturated carbocycles. The Bertz CT molecular complexity index is 295. The Kier molecular flexibility index (Phi) is 1.78. The molecule has 58 valence electrons. The summed E-state index contributed by atoms with van der Waals surface area (Å²) in [7, 11) is 0. The highest BCUT2D eigenvalue weighted by Crippen LogP contribution is 2.19. The van der Waals surface area contributed by atoms with E-state index in [9.17, 15) is 4.79 Å². The van der Waals surface area contributed by atoms with E-state index in [0.717, 1.165) is 11.1 Å². The fourth-order valence-corrected chi connectivity index (χ4v) is 1.22. The van der Waals surface area contributed by atoms with E-state index in [-0.39, 0.29) is 5.78 Å². The third kappa shape index (κ3) is 1.18. The third-order valence-corrected chi connectivity index (χ3v) is 1.85. The molecule has 1 nitrogen and oxygen atoms in total. The van der Waals surface area contributed by atoms with Gasteiger partial charge in [0.15, 0.2) is 5.78 Å². The molecule has 2 radical (unpaired) electrons. The van der Waals surface area contributed by atoms with Crippen LogP contribution in [-0.2, 0) is 4.79 Å². The first kappa shape index (κ1) is 7.29. The summed E-state index contributed by atoms with van der Waals surface area (Å²) in [5, 5.41) is 0. The van der Waals surface area contributed by atoms with Gasteiger partial charge in [-0.1, -0.05) is 36.5 Å². The molecule has 0 fully saturated rings. The van der Waals surface area contributed by atoms with Crippen LogP contribution in [0.15, 0.2) is 47.6 Å². The first-order valence-corrected chi connectivity index (χ1v) is 3.86. The molecular weight excluding hydrogens is 148 g/mol. The van der Waals surface area contributed by atoms with Crippen molar-refractivity contribution in [1.29, 1.82) is 0 Å². The third-order valence-electron chi connectivity index (χ3n) is 1.85. The lowest BCUT2D eigenvalue weighted by Gasteiger charge is -1.99. The summed E-state index contributed by atoms with van der Waals surface area (Å²) in [5.41, 5.74) is 1.53. The molecule has 12 heavy (non-hydrogen) atoms. The van der Waals surface area contributed by atoms with Crippen molar-refractivity contribution in [2.24, 2.45) is 0 Å². The minimum absolute atomic E-state index is 0.102. The van der Waals surface area contributed by atoms with Gasteiger partial charge in [-0.15, -0.1) is 0 Å². The van der Waals surface area contributed by atoms with Gasteiger partial charge >= 0.3 is 0 Å². The fraction of sp³-hybridized carbons (Fsp3) is 0. The van der Waals surface area contributed by atoms with Crippen LogP contribution in [0.5, 0.6) is 0 Å². The monoisotopic (exact) mass is 156 g/mol. The van der Waals surface area contributed by atoms with Gasteiger partial charge < -0.3 is 0 Å². The van der Waals surface area contributed by atoms with E-state index < -0.39 is 0 Å². The highest BCUT2D eigenvalue weighted by Gasteiger charge is 2.15. The topological polar surface area (TPSA) is 17.1 Å². The van der Waals surface area contributed by atoms with Crippen molar-refractivity contribution in [2.45, 2.75) is 0 Å². The molecule has 1 heteroatoms. The molecule has 0 aliphatic heterocycles. The SMILES string of the molecule is O=C(C1=CC=C[CH]1)C1=CC=C[CH]1. The van der Waals surface area contributed by atoms with Crippen LogP contribution in [0, 0.1) is 12.8 Å². The number of hydrogen-bond donors (Lipinski definition) is 0. The van der Waals surface area contributed by atoms with E-state index in [4.69, 9.17) is 0 Å². The highest BCUT2D eigenvalue weighted by atomic mass is 16.1. The lowest BCUT2D eigenvalue weighted by atomic mass is 10.0. The molecular formula is C11H8O. The van der Waals surface area contributed by atoms with Gasteiger partial charge in [0.25, 0.3) is 0 Å². The number of carbonyl (C=O) groups excluding carboxylic acids is 1. The van der Waals surface area contributed by atoms with Gasteiger partial charge in [0, 0.05) is 24.0 Å². The summed E-state index contributed by atoms with van der Waals surface area (Å²) in [6, 6.07) is 0. The molecule has 0 spiro atoms. The lowest BCUT2D eigenvalue weighted by Crippen LogP contribution is -2.03. The van der Waals surface area contributed by atoms with E-state index in [1.807, 2.05) is 49.3 Å². The second-order valence-electron chi connectivity index (χ2n) is 2.68. The number of hydrogen-bond acceptors (Lipinski definition) is 1. The summed E-state index contributed by atoms with van der Waals surface area (Å²) >= 11 is 0. The van der Waals surface area contributed by atoms with Crippen LogP contribution in [0.4, 0.5) is 0 Å². The van der Waals surface area contributed by atoms with Gasteiger partial charge in [-0.2, -0.15) is 0 Å². The minimum atomic E-state index is 0.102. The quantitative estimate of drug-likeness (QED) is 0.597. The van der Waals surface area contributed by atoms with Crippen molar-refractivity contribution in [2.75, 3.05) is 0 Å². The average Bonchev–Trinajstić information content (AvgIpc) is 2.77. The molecule has 0 N–H and O–H groups in total. The van der Waals surface area contributed by atoms with Gasteiger partial charge in [-0.25, -0.2) is 0 Å². The van der Waals surface area contributed by atoms with E-state index in [0.29, 0.717) is 0 Å². The average molecular weight is 156 g/mol. The largest absolute Gasteiger partial charge is 0.289 e. The van der Waals surface area contributed by atoms with E-state index in [2.05, 4.69) is 0 Å². The minimum Gasteiger partial charge on any atom is -0.289 e. The highest BCUT2D eigenvalue weighted by molar-refractivity contribution is 6.12. The van der Waals surface area contributed by atoms with Crippen molar-refractivity contribution in [3.63, 3.8) is 0 Å². The smallest absolute Gasteiger partial charge is 0.186 e. The van der Waals surface area contributed by atoms with Gasteiger partial charge in [0.2, 0.25) is 0 Å². The number of rotatable bonds is 2. The van der Waals surface area contributed by atoms with Crippen molar-refractivity contribution < 1.29 is 4.79 Å². The second-order valence-corrected chi connectivity index (χ2v) is 2.68. The van der Waals surface area contributed by atoms with Crippen LogP contribution in [0.1, 0.15) is 0 Å². The van der Waals surface area contributed by atoms with Crippen LogP contribution in [0.3, 0.4) is 0 Å². The normalized spacial score (nSPS) is 19.7. The Labute approximate surface area is 71.8 Å². The lowest BCUT2D eigenvalue weighted by molar-refractivity contribution is -0.111. The zero-order valence-corrected chi connectivity index (χ0v) is 6.53. The van der Waals surface area contributed by atoms with Crippen LogP contribution in [-0.4, -0.2) is 5.78 Å². The number of Topliss-reactive ketones (excluding diaryl/α,β-unsaturated/α-hetero) is 1. The standard InChI is InChI=1S/C11H8O/c12-11(9-5-1-2-6-9)10-7-3-4-8-10/h1-8H. The molecule has 0 amide bonds. The Balaban J connectivity index is 2.11. The summed E-state index contributed by atoms with van der Waals surface area (Å²) < 4.78 is 0. The van der Waals surface area contributed by atoms with Crippen molar-refractivity contribution in [3.05, 3.63) is 60.4 Å². The van der Waals surface area contributed by atoms with E-state index in [1.54, 1.807) is 0 Å². The Hall–Kier alpha value is -1.37. The van der Waals surface area contributed by atoms with E-state index >= 15 is 0 Å². The van der Waals surface area contributed by atoms with E-state index in [1.165, 1.54) is 0 Å². The predicted molar refractivity (Wildman–Crippen MR) is 48.1 cm³/mol. The summed E-state index contributed by atoms with van der Waals surface area (Å²) in [5.74, 6) is 0.102. The molecule has 2 rings (SSSR count). The van der Waals surface area contributed by atoms with Crippen LogP contribution in [0.25, 0.3) is 0 Å². The molecule has 2 aliphatic rings. The summed E-state index contributed by atoms with van der Waals surface area (Å²) in [4.78, 5) is 11.6. The maximum atomic E-state index is 11.6. The molecule has 0 aromatic rings. The first-order valence-electron chi connectivity index (χ1n) is 3.86. The molecule has 0 saturated heterocycles. The predicted octanol–water partition coefficient (Wildman–Crippen LogP) is 1.96. The maximum Gasteiger partial charge on any atom is 0.186 e. The molecule has 0 unspecified atom stereocenters. The molecule has 2 aliphatic carbocycles. The van der Waals surface area contributed by atoms with Crippen molar-refractivity contribution in [3.8, 4) is 0 Å². The number of carbonyl (C=O) groups is 1. The summed E-state index contributed by atoms with van der Waals surface area (Å²) in [6.07, 6.45) is 14.8. The van der Waals surface area contributed by atoms with Crippen LogP contribution in [0.2, 0.25) is 0 Å². The van der Waals surface area contributed by atoms with Gasteiger partial charge in [0.1, 0.15) is 0 Å². The molecule has 0 bridgehead atoms. The Morgan fingerprint density at radius 1 is 0.833 bits per heavy atom. The number of ketones is 1. The Morgan fingerprint density at radius 3 is 1.67 bits per heavy atom. The zero-order valence-electron chi connectivity index (χ0n) is 6.53. The zero-order chi connectivity index (χ0) is 8.39. The van der Waals surface area contributed by atoms with Crippen LogP contribution < -0.4 is 0 Å². The molecule has 0 atom stereocenters. The van der Waals surface area contributed by atoms with Crippen molar-refractivity contribution >= 4 is 5.78 Å². The molecule has 0 heterocycles. The second kappa shape index (κ2) is 2.94.